The van der Waals surface area contributed by atoms with Crippen LogP contribution in [0, 0.1) is 16.7 Å². The van der Waals surface area contributed by atoms with E-state index in [1.54, 1.807) is 18.2 Å². The molecule has 1 aromatic rings. The van der Waals surface area contributed by atoms with Crippen LogP contribution in [0.25, 0.3) is 0 Å². The first-order valence-electron chi connectivity index (χ1n) is 5.87. The van der Waals surface area contributed by atoms with E-state index in [1.165, 1.54) is 0 Å². The number of hydrogen-bond donors (Lipinski definition) is 1. The summed E-state index contributed by atoms with van der Waals surface area (Å²) in [5.74, 6) is 0.506. The van der Waals surface area contributed by atoms with Gasteiger partial charge in [-0.3, -0.25) is 4.79 Å². The summed E-state index contributed by atoms with van der Waals surface area (Å²) in [4.78, 5) is 11.9. The average molecular weight is 246 g/mol. The number of nitriles is 1. The SMILES string of the molecule is CCOc1ccc(NC(=O)C(C)(C)C)c(C#N)c1. The zero-order chi connectivity index (χ0) is 13.8. The predicted octanol–water partition coefficient (Wildman–Crippen LogP) is 2.94. The average Bonchev–Trinajstić information content (AvgIpc) is 2.30. The summed E-state index contributed by atoms with van der Waals surface area (Å²) in [5, 5.41) is 11.8. The molecule has 0 spiro atoms. The van der Waals surface area contributed by atoms with Crippen LogP contribution in [0.15, 0.2) is 18.2 Å². The summed E-state index contributed by atoms with van der Waals surface area (Å²) in [7, 11) is 0. The molecule has 1 N–H and O–H groups in total. The zero-order valence-electron chi connectivity index (χ0n) is 11.2. The highest BCUT2D eigenvalue weighted by Gasteiger charge is 2.22. The minimum absolute atomic E-state index is 0.122. The van der Waals surface area contributed by atoms with Gasteiger partial charge in [-0.25, -0.2) is 0 Å². The van der Waals surface area contributed by atoms with E-state index in [4.69, 9.17) is 10.00 Å². The lowest BCUT2D eigenvalue weighted by atomic mass is 9.95. The summed E-state index contributed by atoms with van der Waals surface area (Å²) in [6.45, 7) is 7.88. The van der Waals surface area contributed by atoms with Crippen LogP contribution >= 0.6 is 0 Å². The minimum atomic E-state index is -0.495. The number of hydrogen-bond acceptors (Lipinski definition) is 3. The van der Waals surface area contributed by atoms with Crippen LogP contribution in [0.2, 0.25) is 0 Å². The second-order valence-corrected chi connectivity index (χ2v) is 4.96. The van der Waals surface area contributed by atoms with Crippen LogP contribution in [0.4, 0.5) is 5.69 Å². The topological polar surface area (TPSA) is 62.1 Å². The molecule has 0 aliphatic carbocycles. The molecule has 0 aliphatic heterocycles. The maximum atomic E-state index is 11.9. The molecule has 0 atom stereocenters. The van der Waals surface area contributed by atoms with Gasteiger partial charge in [0.15, 0.2) is 0 Å². The van der Waals surface area contributed by atoms with Crippen LogP contribution in [0.1, 0.15) is 33.3 Å². The summed E-state index contributed by atoms with van der Waals surface area (Å²) >= 11 is 0. The number of amides is 1. The normalized spacial score (nSPS) is 10.6. The standard InChI is InChI=1S/C14H18N2O2/c1-5-18-11-6-7-12(10(8-11)9-15)16-13(17)14(2,3)4/h6-8H,5H2,1-4H3,(H,16,17). The molecule has 0 saturated carbocycles. The summed E-state index contributed by atoms with van der Waals surface area (Å²) in [6, 6.07) is 7.11. The second-order valence-electron chi connectivity index (χ2n) is 4.96. The number of nitrogens with zero attached hydrogens (tertiary/aromatic N) is 1. The van der Waals surface area contributed by atoms with Gasteiger partial charge in [0, 0.05) is 5.41 Å². The van der Waals surface area contributed by atoms with E-state index in [0.29, 0.717) is 23.6 Å². The first-order valence-corrected chi connectivity index (χ1v) is 5.87. The Morgan fingerprint density at radius 1 is 1.44 bits per heavy atom. The number of carbonyl (C=O) groups excluding carboxylic acids is 1. The van der Waals surface area contributed by atoms with Gasteiger partial charge in [0.2, 0.25) is 5.91 Å². The fourth-order valence-corrected chi connectivity index (χ4v) is 1.29. The van der Waals surface area contributed by atoms with E-state index in [-0.39, 0.29) is 5.91 Å². The Kier molecular flexibility index (Phi) is 4.33. The Morgan fingerprint density at radius 3 is 2.61 bits per heavy atom. The lowest BCUT2D eigenvalue weighted by Gasteiger charge is -2.18. The van der Waals surface area contributed by atoms with Crippen molar-refractivity contribution in [2.45, 2.75) is 27.7 Å². The molecule has 0 saturated heterocycles. The molecule has 0 radical (unpaired) electrons. The molecular formula is C14H18N2O2. The Hall–Kier alpha value is -2.02. The van der Waals surface area contributed by atoms with Gasteiger partial charge >= 0.3 is 0 Å². The van der Waals surface area contributed by atoms with E-state index in [9.17, 15) is 4.79 Å². The lowest BCUT2D eigenvalue weighted by molar-refractivity contribution is -0.123. The second kappa shape index (κ2) is 5.54. The molecular weight excluding hydrogens is 228 g/mol. The fourth-order valence-electron chi connectivity index (χ4n) is 1.29. The Morgan fingerprint density at radius 2 is 2.11 bits per heavy atom. The van der Waals surface area contributed by atoms with E-state index in [0.717, 1.165) is 0 Å². The lowest BCUT2D eigenvalue weighted by Crippen LogP contribution is -2.27. The third-order valence-corrected chi connectivity index (χ3v) is 2.35. The number of carbonyl (C=O) groups is 1. The van der Waals surface area contributed by atoms with Crippen LogP contribution in [0.5, 0.6) is 5.75 Å². The Balaban J connectivity index is 2.97. The molecule has 0 heterocycles. The number of benzene rings is 1. The number of nitrogens with one attached hydrogen (secondary N) is 1. The molecule has 1 aromatic carbocycles. The molecule has 4 heteroatoms. The highest BCUT2D eigenvalue weighted by Crippen LogP contribution is 2.24. The van der Waals surface area contributed by atoms with Crippen LogP contribution < -0.4 is 10.1 Å². The van der Waals surface area contributed by atoms with Crippen molar-refractivity contribution in [1.29, 1.82) is 5.26 Å². The predicted molar refractivity (Wildman–Crippen MR) is 70.4 cm³/mol. The molecule has 18 heavy (non-hydrogen) atoms. The van der Waals surface area contributed by atoms with Crippen molar-refractivity contribution in [1.82, 2.24) is 0 Å². The van der Waals surface area contributed by atoms with Crippen molar-refractivity contribution in [3.63, 3.8) is 0 Å². The minimum Gasteiger partial charge on any atom is -0.494 e. The van der Waals surface area contributed by atoms with E-state index >= 15 is 0 Å². The Labute approximate surface area is 108 Å². The van der Waals surface area contributed by atoms with Crippen molar-refractivity contribution in [2.75, 3.05) is 11.9 Å². The monoisotopic (exact) mass is 246 g/mol. The van der Waals surface area contributed by atoms with Crippen LogP contribution in [0.3, 0.4) is 0 Å². The zero-order valence-corrected chi connectivity index (χ0v) is 11.2. The van der Waals surface area contributed by atoms with Gasteiger partial charge < -0.3 is 10.1 Å². The third-order valence-electron chi connectivity index (χ3n) is 2.35. The third kappa shape index (κ3) is 3.49. The molecule has 0 bridgehead atoms. The van der Waals surface area contributed by atoms with Gasteiger partial charge in [-0.15, -0.1) is 0 Å². The quantitative estimate of drug-likeness (QED) is 0.891. The van der Waals surface area contributed by atoms with Crippen molar-refractivity contribution < 1.29 is 9.53 Å². The molecule has 1 amide bonds. The number of anilines is 1. The van der Waals surface area contributed by atoms with Crippen molar-refractivity contribution >= 4 is 11.6 Å². The number of rotatable bonds is 3. The smallest absolute Gasteiger partial charge is 0.229 e. The highest BCUT2D eigenvalue weighted by molar-refractivity contribution is 5.95. The molecule has 1 rings (SSSR count). The summed E-state index contributed by atoms with van der Waals surface area (Å²) in [6.07, 6.45) is 0. The van der Waals surface area contributed by atoms with Crippen LogP contribution in [-0.2, 0) is 4.79 Å². The largest absolute Gasteiger partial charge is 0.494 e. The highest BCUT2D eigenvalue weighted by atomic mass is 16.5. The molecule has 4 nitrogen and oxygen atoms in total. The van der Waals surface area contributed by atoms with Gasteiger partial charge in [-0.05, 0) is 25.1 Å². The van der Waals surface area contributed by atoms with E-state index in [2.05, 4.69) is 11.4 Å². The van der Waals surface area contributed by atoms with Gasteiger partial charge in [0.1, 0.15) is 11.8 Å². The molecule has 0 aliphatic rings. The van der Waals surface area contributed by atoms with E-state index < -0.39 is 5.41 Å². The maximum absolute atomic E-state index is 11.9. The molecule has 0 fully saturated rings. The van der Waals surface area contributed by atoms with E-state index in [1.807, 2.05) is 27.7 Å². The van der Waals surface area contributed by atoms with Gasteiger partial charge in [0.25, 0.3) is 0 Å². The molecule has 0 aromatic heterocycles. The summed E-state index contributed by atoms with van der Waals surface area (Å²) in [5.41, 5.74) is 0.421. The van der Waals surface area contributed by atoms with Gasteiger partial charge in [0.05, 0.1) is 17.9 Å². The first kappa shape index (κ1) is 14.0. The van der Waals surface area contributed by atoms with Crippen molar-refractivity contribution in [3.8, 4) is 11.8 Å². The fraction of sp³-hybridized carbons (Fsp3) is 0.429. The number of ether oxygens (including phenoxy) is 1. The van der Waals surface area contributed by atoms with Gasteiger partial charge in [-0.1, -0.05) is 20.8 Å². The Bertz CT molecular complexity index is 482. The first-order chi connectivity index (χ1) is 8.38. The van der Waals surface area contributed by atoms with Gasteiger partial charge in [-0.2, -0.15) is 5.26 Å². The summed E-state index contributed by atoms with van der Waals surface area (Å²) < 4.78 is 5.31. The van der Waals surface area contributed by atoms with Crippen molar-refractivity contribution in [3.05, 3.63) is 23.8 Å². The molecule has 0 unspecified atom stereocenters. The van der Waals surface area contributed by atoms with Crippen LogP contribution in [-0.4, -0.2) is 12.5 Å². The van der Waals surface area contributed by atoms with Crippen molar-refractivity contribution in [2.24, 2.45) is 5.41 Å². The molecule has 96 valence electrons. The maximum Gasteiger partial charge on any atom is 0.229 e.